The van der Waals surface area contributed by atoms with E-state index < -0.39 is 11.6 Å². The van der Waals surface area contributed by atoms with E-state index in [4.69, 9.17) is 4.52 Å². The quantitative estimate of drug-likeness (QED) is 0.858. The first-order valence-electron chi connectivity index (χ1n) is 7.83. The van der Waals surface area contributed by atoms with Crippen LogP contribution in [0.2, 0.25) is 0 Å². The molecule has 1 amide bonds. The number of hydrogen-bond acceptors (Lipinski definition) is 3. The molecule has 3 rings (SSSR count). The lowest BCUT2D eigenvalue weighted by Gasteiger charge is -2.35. The van der Waals surface area contributed by atoms with Crippen LogP contribution in [0.5, 0.6) is 0 Å². The number of benzene rings is 1. The average Bonchev–Trinajstić information content (AvgIpc) is 3.06. The molecule has 1 aliphatic heterocycles. The molecule has 6 heteroatoms. The van der Waals surface area contributed by atoms with Gasteiger partial charge in [0.15, 0.2) is 17.4 Å². The fraction of sp³-hybridized carbons (Fsp3) is 0.412. The molecule has 0 radical (unpaired) electrons. The summed E-state index contributed by atoms with van der Waals surface area (Å²) in [4.78, 5) is 14.7. The van der Waals surface area contributed by atoms with Crippen molar-refractivity contribution >= 4 is 5.91 Å². The van der Waals surface area contributed by atoms with Crippen molar-refractivity contribution in [1.29, 1.82) is 0 Å². The van der Waals surface area contributed by atoms with Crippen molar-refractivity contribution in [3.63, 3.8) is 0 Å². The average molecular weight is 320 g/mol. The van der Waals surface area contributed by atoms with Gasteiger partial charge in [0.05, 0.1) is 6.20 Å². The van der Waals surface area contributed by atoms with Gasteiger partial charge in [-0.3, -0.25) is 4.79 Å². The molecule has 122 valence electrons. The number of piperidine rings is 1. The summed E-state index contributed by atoms with van der Waals surface area (Å²) in [5, 5.41) is 3.68. The second kappa shape index (κ2) is 6.48. The van der Waals surface area contributed by atoms with E-state index in [9.17, 15) is 13.6 Å². The Labute approximate surface area is 133 Å². The van der Waals surface area contributed by atoms with Gasteiger partial charge in [-0.2, -0.15) is 0 Å². The lowest BCUT2D eigenvalue weighted by atomic mass is 9.98. The number of likely N-dealkylation sites (tertiary alicyclic amines) is 1. The zero-order valence-corrected chi connectivity index (χ0v) is 12.9. The zero-order chi connectivity index (χ0) is 16.4. The standard InChI is InChI=1S/C17H18F2N2O2/c1-2-12-5-3-4-8-21(12)17(22)13-10-20-23-16(13)11-6-7-14(18)15(19)9-11/h6-7,9-10,12H,2-5,8H2,1H3. The molecule has 2 heterocycles. The second-order valence-corrected chi connectivity index (χ2v) is 5.75. The van der Waals surface area contributed by atoms with Crippen LogP contribution in [0.25, 0.3) is 11.3 Å². The minimum absolute atomic E-state index is 0.169. The molecular formula is C17H18F2N2O2. The van der Waals surface area contributed by atoms with Crippen LogP contribution in [0, 0.1) is 11.6 Å². The highest BCUT2D eigenvalue weighted by Gasteiger charge is 2.29. The van der Waals surface area contributed by atoms with E-state index in [1.54, 1.807) is 0 Å². The fourth-order valence-electron chi connectivity index (χ4n) is 3.08. The van der Waals surface area contributed by atoms with Crippen molar-refractivity contribution < 1.29 is 18.1 Å². The Kier molecular flexibility index (Phi) is 4.41. The van der Waals surface area contributed by atoms with Crippen LogP contribution < -0.4 is 0 Å². The highest BCUT2D eigenvalue weighted by Crippen LogP contribution is 2.28. The number of aromatic nitrogens is 1. The molecular weight excluding hydrogens is 302 g/mol. The molecule has 1 aromatic carbocycles. The Morgan fingerprint density at radius 2 is 2.17 bits per heavy atom. The molecule has 0 N–H and O–H groups in total. The maximum atomic E-state index is 13.4. The van der Waals surface area contributed by atoms with Gasteiger partial charge in [-0.15, -0.1) is 0 Å². The van der Waals surface area contributed by atoms with Crippen LogP contribution in [0.1, 0.15) is 43.0 Å². The summed E-state index contributed by atoms with van der Waals surface area (Å²) in [6, 6.07) is 3.60. The predicted octanol–water partition coefficient (Wildman–Crippen LogP) is 4.02. The molecule has 4 nitrogen and oxygen atoms in total. The van der Waals surface area contributed by atoms with Crippen LogP contribution in [0.4, 0.5) is 8.78 Å². The number of carbonyl (C=O) groups excluding carboxylic acids is 1. The number of hydrogen-bond donors (Lipinski definition) is 0. The van der Waals surface area contributed by atoms with Crippen LogP contribution >= 0.6 is 0 Å². The zero-order valence-electron chi connectivity index (χ0n) is 12.9. The molecule has 0 saturated carbocycles. The van der Waals surface area contributed by atoms with Crippen molar-refractivity contribution in [2.75, 3.05) is 6.54 Å². The summed E-state index contributed by atoms with van der Waals surface area (Å²) < 4.78 is 31.7. The first-order chi connectivity index (χ1) is 11.1. The van der Waals surface area contributed by atoms with Gasteiger partial charge in [-0.05, 0) is 43.9 Å². The van der Waals surface area contributed by atoms with Crippen LogP contribution in [0.15, 0.2) is 28.9 Å². The number of carbonyl (C=O) groups is 1. The van der Waals surface area contributed by atoms with Gasteiger partial charge >= 0.3 is 0 Å². The molecule has 0 spiro atoms. The fourth-order valence-corrected chi connectivity index (χ4v) is 3.08. The van der Waals surface area contributed by atoms with Crippen LogP contribution in [-0.2, 0) is 0 Å². The minimum atomic E-state index is -0.985. The van der Waals surface area contributed by atoms with Crippen LogP contribution in [0.3, 0.4) is 0 Å². The van der Waals surface area contributed by atoms with Crippen molar-refractivity contribution in [3.8, 4) is 11.3 Å². The molecule has 1 unspecified atom stereocenters. The van der Waals surface area contributed by atoms with Gasteiger partial charge in [0.2, 0.25) is 0 Å². The Balaban J connectivity index is 1.93. The topological polar surface area (TPSA) is 46.3 Å². The third-order valence-electron chi connectivity index (χ3n) is 4.34. The third-order valence-corrected chi connectivity index (χ3v) is 4.34. The van der Waals surface area contributed by atoms with E-state index in [1.807, 2.05) is 4.90 Å². The van der Waals surface area contributed by atoms with Gasteiger partial charge in [-0.1, -0.05) is 12.1 Å². The Morgan fingerprint density at radius 1 is 1.35 bits per heavy atom. The molecule has 1 aliphatic rings. The summed E-state index contributed by atoms with van der Waals surface area (Å²) in [7, 11) is 0. The van der Waals surface area contributed by atoms with Gasteiger partial charge in [-0.25, -0.2) is 8.78 Å². The molecule has 1 fully saturated rings. The van der Waals surface area contributed by atoms with E-state index in [-0.39, 0.29) is 23.3 Å². The SMILES string of the molecule is CCC1CCCCN1C(=O)c1cnoc1-c1ccc(F)c(F)c1. The summed E-state index contributed by atoms with van der Waals surface area (Å²) in [6.07, 6.45) is 5.29. The highest BCUT2D eigenvalue weighted by molar-refractivity contribution is 5.99. The monoisotopic (exact) mass is 320 g/mol. The molecule has 0 aliphatic carbocycles. The minimum Gasteiger partial charge on any atom is -0.355 e. The van der Waals surface area contributed by atoms with Gasteiger partial charge in [0.25, 0.3) is 5.91 Å². The Hall–Kier alpha value is -2.24. The summed E-state index contributed by atoms with van der Waals surface area (Å²) in [6.45, 7) is 2.75. The number of amides is 1. The third kappa shape index (κ3) is 2.98. The number of halogens is 2. The molecule has 0 bridgehead atoms. The van der Waals surface area contributed by atoms with E-state index in [0.717, 1.165) is 37.8 Å². The first kappa shape index (κ1) is 15.6. The van der Waals surface area contributed by atoms with Gasteiger partial charge in [0.1, 0.15) is 5.56 Å². The van der Waals surface area contributed by atoms with Gasteiger partial charge in [0, 0.05) is 18.2 Å². The molecule has 1 atom stereocenters. The number of nitrogens with zero attached hydrogens (tertiary/aromatic N) is 2. The normalized spacial score (nSPS) is 18.2. The van der Waals surface area contributed by atoms with Crippen molar-refractivity contribution in [1.82, 2.24) is 10.1 Å². The van der Waals surface area contributed by atoms with E-state index >= 15 is 0 Å². The summed E-state index contributed by atoms with van der Waals surface area (Å²) in [5.74, 6) is -1.92. The molecule has 1 saturated heterocycles. The molecule has 2 aromatic rings. The first-order valence-corrected chi connectivity index (χ1v) is 7.83. The van der Waals surface area contributed by atoms with E-state index in [2.05, 4.69) is 12.1 Å². The second-order valence-electron chi connectivity index (χ2n) is 5.75. The van der Waals surface area contributed by atoms with Crippen LogP contribution in [-0.4, -0.2) is 28.6 Å². The largest absolute Gasteiger partial charge is 0.355 e. The maximum Gasteiger partial charge on any atom is 0.259 e. The molecule has 1 aromatic heterocycles. The Bertz CT molecular complexity index is 714. The summed E-state index contributed by atoms with van der Waals surface area (Å²) in [5.41, 5.74) is 0.589. The predicted molar refractivity (Wildman–Crippen MR) is 80.8 cm³/mol. The summed E-state index contributed by atoms with van der Waals surface area (Å²) >= 11 is 0. The van der Waals surface area contributed by atoms with Crippen molar-refractivity contribution in [2.24, 2.45) is 0 Å². The lowest BCUT2D eigenvalue weighted by molar-refractivity contribution is 0.0608. The maximum absolute atomic E-state index is 13.4. The Morgan fingerprint density at radius 3 is 2.91 bits per heavy atom. The van der Waals surface area contributed by atoms with E-state index in [0.29, 0.717) is 12.1 Å². The number of rotatable bonds is 3. The molecule has 23 heavy (non-hydrogen) atoms. The van der Waals surface area contributed by atoms with Crippen molar-refractivity contribution in [2.45, 2.75) is 38.6 Å². The van der Waals surface area contributed by atoms with E-state index in [1.165, 1.54) is 12.3 Å². The highest BCUT2D eigenvalue weighted by atomic mass is 19.2. The lowest BCUT2D eigenvalue weighted by Crippen LogP contribution is -2.43. The van der Waals surface area contributed by atoms with Crippen molar-refractivity contribution in [3.05, 3.63) is 41.6 Å². The smallest absolute Gasteiger partial charge is 0.259 e. The van der Waals surface area contributed by atoms with Gasteiger partial charge < -0.3 is 9.42 Å².